The van der Waals surface area contributed by atoms with Gasteiger partial charge in [-0.25, -0.2) is 22.8 Å². The van der Waals surface area contributed by atoms with Crippen LogP contribution < -0.4 is 20.6 Å². The molecule has 2 aromatic heterocycles. The molecule has 0 saturated carbocycles. The van der Waals surface area contributed by atoms with Gasteiger partial charge < -0.3 is 24.9 Å². The SMILES string of the molecule is C=C(/C=c1/[nH]c(C(=O)c2cnn3c2NCC2=CCC(Oc4c(F)cccc4F)=NC=C23)c/c1=C/COCCF)C(CC)CCO. The van der Waals surface area contributed by atoms with E-state index in [1.54, 1.807) is 16.8 Å². The summed E-state index contributed by atoms with van der Waals surface area (Å²) < 4.78 is 53.1. The van der Waals surface area contributed by atoms with Crippen LogP contribution in [0, 0.1) is 17.6 Å². The molecule has 0 fully saturated rings. The topological polar surface area (TPSA) is 114 Å². The highest BCUT2D eigenvalue weighted by atomic mass is 19.1. The molecule has 9 nitrogen and oxygen atoms in total. The number of nitrogens with zero attached hydrogens (tertiary/aromatic N) is 3. The van der Waals surface area contributed by atoms with Crippen LogP contribution in [0.25, 0.3) is 17.8 Å². The van der Waals surface area contributed by atoms with E-state index in [4.69, 9.17) is 9.47 Å². The maximum atomic E-state index is 14.1. The zero-order valence-electron chi connectivity index (χ0n) is 24.8. The Kier molecular flexibility index (Phi) is 10.2. The van der Waals surface area contributed by atoms with E-state index in [9.17, 15) is 23.1 Å². The number of aliphatic imine (C=N–C) groups is 1. The molecule has 45 heavy (non-hydrogen) atoms. The van der Waals surface area contributed by atoms with Gasteiger partial charge in [-0.1, -0.05) is 25.6 Å². The van der Waals surface area contributed by atoms with E-state index in [0.29, 0.717) is 46.3 Å². The van der Waals surface area contributed by atoms with Crippen molar-refractivity contribution in [3.05, 3.63) is 93.9 Å². The number of carbonyl (C=O) groups is 1. The van der Waals surface area contributed by atoms with Crippen molar-refractivity contribution in [3.63, 3.8) is 0 Å². The van der Waals surface area contributed by atoms with Gasteiger partial charge in [0, 0.05) is 24.9 Å². The number of aliphatic hydroxyl groups is 1. The molecule has 1 unspecified atom stereocenters. The fourth-order valence-electron chi connectivity index (χ4n) is 5.19. The number of aromatic amines is 1. The van der Waals surface area contributed by atoms with Crippen LogP contribution in [0.2, 0.25) is 0 Å². The molecule has 3 N–H and O–H groups in total. The van der Waals surface area contributed by atoms with Gasteiger partial charge in [0.2, 0.25) is 5.78 Å². The molecule has 0 spiro atoms. The highest BCUT2D eigenvalue weighted by Gasteiger charge is 2.27. The summed E-state index contributed by atoms with van der Waals surface area (Å²) in [7, 11) is 0. The molecular formula is C33H34F3N5O4. The fourth-order valence-corrected chi connectivity index (χ4v) is 5.19. The van der Waals surface area contributed by atoms with Gasteiger partial charge in [-0.05, 0) is 65.5 Å². The Labute approximate surface area is 257 Å². The van der Waals surface area contributed by atoms with E-state index in [0.717, 1.165) is 29.7 Å². The number of ketones is 1. The Balaban J connectivity index is 1.45. The number of allylic oxidation sites excluding steroid dienone is 1. The third kappa shape index (κ3) is 7.02. The van der Waals surface area contributed by atoms with Gasteiger partial charge in [-0.15, -0.1) is 0 Å². The van der Waals surface area contributed by atoms with Crippen molar-refractivity contribution in [2.24, 2.45) is 10.9 Å². The van der Waals surface area contributed by atoms with Crippen molar-refractivity contribution < 1.29 is 32.5 Å². The first kappa shape index (κ1) is 31.7. The second-order valence-electron chi connectivity index (χ2n) is 10.5. The number of ether oxygens (including phenoxy) is 2. The monoisotopic (exact) mass is 621 g/mol. The number of hydrogen-bond acceptors (Lipinski definition) is 7. The quantitative estimate of drug-likeness (QED) is 0.206. The number of aromatic nitrogens is 3. The number of alkyl halides is 1. The van der Waals surface area contributed by atoms with E-state index in [2.05, 4.69) is 27.0 Å². The number of fused-ring (bicyclic) bond motifs is 3. The number of anilines is 1. The van der Waals surface area contributed by atoms with Crippen LogP contribution >= 0.6 is 0 Å². The highest BCUT2D eigenvalue weighted by Crippen LogP contribution is 2.32. The van der Waals surface area contributed by atoms with Gasteiger partial charge in [-0.3, -0.25) is 4.79 Å². The predicted molar refractivity (Wildman–Crippen MR) is 166 cm³/mol. The first-order valence-electron chi connectivity index (χ1n) is 14.6. The minimum Gasteiger partial charge on any atom is -0.436 e. The third-order valence-corrected chi connectivity index (χ3v) is 7.60. The standard InChI is InChI=1S/C33H34F3N5O4/c1-3-21(9-12-42)20(2)15-27-22(10-13-44-14-11-34)16-28(40-27)31(43)24-18-39-41-29-19-37-30(8-7-23(29)17-38-33(24)41)45-32-25(35)5-4-6-26(32)36/h4-7,10,15-16,18-19,21,38,40,42H,2-3,8-9,11-14,17H2,1H3/b22-10-,27-15+. The average Bonchev–Trinajstić information content (AvgIpc) is 3.58. The number of aliphatic hydroxyl groups excluding tert-OH is 1. The third-order valence-electron chi connectivity index (χ3n) is 7.60. The number of H-pyrrole nitrogens is 1. The Morgan fingerprint density at radius 3 is 2.82 bits per heavy atom. The lowest BCUT2D eigenvalue weighted by Crippen LogP contribution is -2.24. The Morgan fingerprint density at radius 1 is 1.29 bits per heavy atom. The highest BCUT2D eigenvalue weighted by molar-refractivity contribution is 6.11. The second-order valence-corrected chi connectivity index (χ2v) is 10.5. The first-order chi connectivity index (χ1) is 21.8. The molecule has 236 valence electrons. The summed E-state index contributed by atoms with van der Waals surface area (Å²) in [6.07, 6.45) is 9.93. The molecule has 2 aliphatic heterocycles. The average molecular weight is 622 g/mol. The zero-order valence-corrected chi connectivity index (χ0v) is 24.8. The zero-order chi connectivity index (χ0) is 31.9. The molecule has 4 heterocycles. The number of hydrogen-bond donors (Lipinski definition) is 3. The van der Waals surface area contributed by atoms with Gasteiger partial charge >= 0.3 is 0 Å². The molecule has 1 aromatic carbocycles. The number of nitrogens with one attached hydrogen (secondary N) is 2. The summed E-state index contributed by atoms with van der Waals surface area (Å²) >= 11 is 0. The minimum absolute atomic E-state index is 0.0345. The fraction of sp³-hybridized carbons (Fsp3) is 0.303. The van der Waals surface area contributed by atoms with Crippen molar-refractivity contribution in [2.75, 3.05) is 38.4 Å². The van der Waals surface area contributed by atoms with Crippen LogP contribution in [0.15, 0.2) is 65.5 Å². The Hall–Kier alpha value is -4.68. The lowest BCUT2D eigenvalue weighted by Gasteiger charge is -2.22. The molecular weight excluding hydrogens is 587 g/mol. The lowest BCUT2D eigenvalue weighted by atomic mass is 9.94. The summed E-state index contributed by atoms with van der Waals surface area (Å²) in [5.74, 6) is -1.90. The number of rotatable bonds is 12. The maximum Gasteiger partial charge on any atom is 0.214 e. The summed E-state index contributed by atoms with van der Waals surface area (Å²) in [5, 5.41) is 18.5. The molecule has 1 atom stereocenters. The van der Waals surface area contributed by atoms with Crippen LogP contribution in [0.3, 0.4) is 0 Å². The summed E-state index contributed by atoms with van der Waals surface area (Å²) in [6.45, 7) is 6.10. The normalized spacial score (nSPS) is 15.7. The van der Waals surface area contributed by atoms with Crippen LogP contribution in [0.4, 0.5) is 19.0 Å². The maximum absolute atomic E-state index is 14.1. The summed E-state index contributed by atoms with van der Waals surface area (Å²) in [4.78, 5) is 21.3. The molecule has 12 heteroatoms. The number of carbonyl (C=O) groups excluding carboxylic acids is 1. The largest absolute Gasteiger partial charge is 0.436 e. The van der Waals surface area contributed by atoms with Crippen LogP contribution in [0.5, 0.6) is 5.75 Å². The van der Waals surface area contributed by atoms with Gasteiger partial charge in [0.25, 0.3) is 0 Å². The van der Waals surface area contributed by atoms with E-state index in [-0.39, 0.29) is 43.8 Å². The minimum atomic E-state index is -0.836. The Morgan fingerprint density at radius 2 is 2.09 bits per heavy atom. The van der Waals surface area contributed by atoms with Gasteiger partial charge in [0.1, 0.15) is 12.5 Å². The van der Waals surface area contributed by atoms with Gasteiger partial charge in [0.15, 0.2) is 23.3 Å². The lowest BCUT2D eigenvalue weighted by molar-refractivity contribution is 0.103. The second kappa shape index (κ2) is 14.4. The van der Waals surface area contributed by atoms with Crippen LogP contribution in [-0.4, -0.2) is 64.6 Å². The molecule has 0 radical (unpaired) electrons. The van der Waals surface area contributed by atoms with Crippen molar-refractivity contribution >= 4 is 35.3 Å². The molecule has 3 aromatic rings. The van der Waals surface area contributed by atoms with Crippen LogP contribution in [0.1, 0.15) is 42.2 Å². The molecule has 5 rings (SSSR count). The predicted octanol–water partition coefficient (Wildman–Crippen LogP) is 4.26. The van der Waals surface area contributed by atoms with Crippen molar-refractivity contribution in [1.29, 1.82) is 0 Å². The smallest absolute Gasteiger partial charge is 0.214 e. The molecule has 0 aliphatic carbocycles. The number of halogens is 3. The van der Waals surface area contributed by atoms with Gasteiger partial charge in [0.05, 0.1) is 42.6 Å². The molecule has 0 bridgehead atoms. The summed E-state index contributed by atoms with van der Waals surface area (Å²) in [5.41, 5.74) is 2.81. The van der Waals surface area contributed by atoms with Crippen LogP contribution in [-0.2, 0) is 4.74 Å². The summed E-state index contributed by atoms with van der Waals surface area (Å²) in [6, 6.07) is 5.16. The van der Waals surface area contributed by atoms with Crippen molar-refractivity contribution in [2.45, 2.75) is 26.2 Å². The Bertz CT molecular complexity index is 1780. The van der Waals surface area contributed by atoms with E-state index in [1.165, 1.54) is 18.5 Å². The van der Waals surface area contributed by atoms with E-state index >= 15 is 0 Å². The number of para-hydroxylation sites is 1. The van der Waals surface area contributed by atoms with Gasteiger partial charge in [-0.2, -0.15) is 5.10 Å². The van der Waals surface area contributed by atoms with Crippen molar-refractivity contribution in [1.82, 2.24) is 14.8 Å². The molecule has 0 amide bonds. The molecule has 2 aliphatic rings. The van der Waals surface area contributed by atoms with E-state index in [1.807, 2.05) is 19.1 Å². The first-order valence-corrected chi connectivity index (χ1v) is 14.6. The van der Waals surface area contributed by atoms with E-state index < -0.39 is 24.1 Å². The number of benzene rings is 1. The van der Waals surface area contributed by atoms with Crippen molar-refractivity contribution in [3.8, 4) is 5.75 Å². The molecule has 0 saturated heterocycles.